The van der Waals surface area contributed by atoms with Gasteiger partial charge in [0.15, 0.2) is 0 Å². The van der Waals surface area contributed by atoms with E-state index >= 15 is 0 Å². The van der Waals surface area contributed by atoms with Crippen LogP contribution in [0.5, 0.6) is 0 Å². The SMILES string of the molecule is CC(C)C(=O)Nc1cccc(NC(=O)C(Cc2c[nH]c3ccccc23)NC(=O)C(C)C)c1. The Morgan fingerprint density at radius 1 is 0.812 bits per heavy atom. The number of rotatable bonds is 8. The van der Waals surface area contributed by atoms with E-state index < -0.39 is 6.04 Å². The maximum Gasteiger partial charge on any atom is 0.247 e. The molecule has 2 aromatic carbocycles. The van der Waals surface area contributed by atoms with Crippen LogP contribution in [-0.4, -0.2) is 28.7 Å². The quantitative estimate of drug-likeness (QED) is 0.429. The number of nitrogens with one attached hydrogen (secondary N) is 4. The second-order valence-electron chi connectivity index (χ2n) is 8.49. The minimum atomic E-state index is -0.752. The predicted molar refractivity (Wildman–Crippen MR) is 127 cm³/mol. The normalized spacial score (nSPS) is 12.1. The van der Waals surface area contributed by atoms with Crippen LogP contribution in [-0.2, 0) is 20.8 Å². The molecule has 0 spiro atoms. The van der Waals surface area contributed by atoms with Crippen molar-refractivity contribution in [1.82, 2.24) is 10.3 Å². The lowest BCUT2D eigenvalue weighted by atomic mass is 10.0. The highest BCUT2D eigenvalue weighted by Gasteiger charge is 2.24. The maximum absolute atomic E-state index is 13.2. The van der Waals surface area contributed by atoms with Gasteiger partial charge in [0.05, 0.1) is 0 Å². The summed E-state index contributed by atoms with van der Waals surface area (Å²) < 4.78 is 0. The Bertz CT molecular complexity index is 1120. The molecule has 1 atom stereocenters. The van der Waals surface area contributed by atoms with Gasteiger partial charge in [0.25, 0.3) is 0 Å². The van der Waals surface area contributed by atoms with Crippen molar-refractivity contribution in [3.63, 3.8) is 0 Å². The molecule has 0 fully saturated rings. The van der Waals surface area contributed by atoms with Gasteiger partial charge < -0.3 is 20.9 Å². The fraction of sp³-hybridized carbons (Fsp3) is 0.320. The smallest absolute Gasteiger partial charge is 0.247 e. The lowest BCUT2D eigenvalue weighted by Crippen LogP contribution is -2.46. The van der Waals surface area contributed by atoms with Crippen molar-refractivity contribution >= 4 is 40.0 Å². The number of amides is 3. The summed E-state index contributed by atoms with van der Waals surface area (Å²) in [7, 11) is 0. The van der Waals surface area contributed by atoms with Gasteiger partial charge in [-0.25, -0.2) is 0 Å². The van der Waals surface area contributed by atoms with Gasteiger partial charge in [-0.15, -0.1) is 0 Å². The van der Waals surface area contributed by atoms with E-state index in [1.165, 1.54) is 0 Å². The van der Waals surface area contributed by atoms with Crippen LogP contribution in [0.2, 0.25) is 0 Å². The number of fused-ring (bicyclic) bond motifs is 1. The summed E-state index contributed by atoms with van der Waals surface area (Å²) in [4.78, 5) is 40.7. The lowest BCUT2D eigenvalue weighted by Gasteiger charge is -2.20. The highest BCUT2D eigenvalue weighted by molar-refractivity contribution is 5.99. The van der Waals surface area contributed by atoms with Gasteiger partial charge in [0.2, 0.25) is 17.7 Å². The molecule has 7 nitrogen and oxygen atoms in total. The molecule has 3 aromatic rings. The van der Waals surface area contributed by atoms with E-state index in [1.54, 1.807) is 38.1 Å². The topological polar surface area (TPSA) is 103 Å². The van der Waals surface area contributed by atoms with Gasteiger partial charge in [0, 0.05) is 46.7 Å². The molecule has 0 saturated heterocycles. The number of carbonyl (C=O) groups excluding carboxylic acids is 3. The molecule has 0 aliphatic heterocycles. The summed E-state index contributed by atoms with van der Waals surface area (Å²) in [6, 6.07) is 14.1. The molecule has 4 N–H and O–H groups in total. The van der Waals surface area contributed by atoms with Crippen molar-refractivity contribution in [2.45, 2.75) is 40.2 Å². The molecule has 1 heterocycles. The van der Waals surface area contributed by atoms with E-state index in [2.05, 4.69) is 20.9 Å². The van der Waals surface area contributed by atoms with E-state index in [0.29, 0.717) is 17.8 Å². The van der Waals surface area contributed by atoms with Gasteiger partial charge in [-0.1, -0.05) is 52.0 Å². The van der Waals surface area contributed by atoms with Crippen molar-refractivity contribution in [1.29, 1.82) is 0 Å². The minimum Gasteiger partial charge on any atom is -0.361 e. The van der Waals surface area contributed by atoms with Gasteiger partial charge in [0.1, 0.15) is 6.04 Å². The number of hydrogen-bond acceptors (Lipinski definition) is 3. The number of para-hydroxylation sites is 1. The zero-order valence-electron chi connectivity index (χ0n) is 18.9. The van der Waals surface area contributed by atoms with Crippen molar-refractivity contribution in [2.75, 3.05) is 10.6 Å². The Balaban J connectivity index is 1.79. The Hall–Kier alpha value is -3.61. The zero-order chi connectivity index (χ0) is 23.3. The third-order valence-electron chi connectivity index (χ3n) is 5.18. The van der Waals surface area contributed by atoms with Gasteiger partial charge in [-0.05, 0) is 29.8 Å². The molecule has 7 heteroatoms. The fourth-order valence-electron chi connectivity index (χ4n) is 3.26. The van der Waals surface area contributed by atoms with Crippen molar-refractivity contribution in [3.05, 3.63) is 60.3 Å². The minimum absolute atomic E-state index is 0.102. The second kappa shape index (κ2) is 10.1. The number of anilines is 2. The number of H-pyrrole nitrogens is 1. The standard InChI is InChI=1S/C25H30N4O3/c1-15(2)23(30)27-18-8-7-9-19(13-18)28-25(32)22(29-24(31)16(3)4)12-17-14-26-21-11-6-5-10-20(17)21/h5-11,13-16,22,26H,12H2,1-4H3,(H,27,30)(H,28,32)(H,29,31). The number of carbonyl (C=O) groups is 3. The predicted octanol–water partition coefficient (Wildman–Crippen LogP) is 4.08. The van der Waals surface area contributed by atoms with Crippen LogP contribution in [0.15, 0.2) is 54.7 Å². The third kappa shape index (κ3) is 5.75. The molecule has 3 rings (SSSR count). The lowest BCUT2D eigenvalue weighted by molar-refractivity contribution is -0.128. The van der Waals surface area contributed by atoms with E-state index in [4.69, 9.17) is 0 Å². The van der Waals surface area contributed by atoms with Gasteiger partial charge >= 0.3 is 0 Å². The Morgan fingerprint density at radius 3 is 2.09 bits per heavy atom. The van der Waals surface area contributed by atoms with Crippen molar-refractivity contribution in [3.8, 4) is 0 Å². The molecule has 0 radical (unpaired) electrons. The van der Waals surface area contributed by atoms with E-state index in [1.807, 2.05) is 44.3 Å². The molecule has 0 aliphatic rings. The van der Waals surface area contributed by atoms with Crippen LogP contribution in [0.4, 0.5) is 11.4 Å². The molecule has 3 amide bonds. The number of aromatic amines is 1. The second-order valence-corrected chi connectivity index (χ2v) is 8.49. The first kappa shape index (κ1) is 23.1. The Labute approximate surface area is 188 Å². The molecular weight excluding hydrogens is 404 g/mol. The van der Waals surface area contributed by atoms with Crippen molar-refractivity contribution < 1.29 is 14.4 Å². The third-order valence-corrected chi connectivity index (χ3v) is 5.18. The highest BCUT2D eigenvalue weighted by atomic mass is 16.2. The first-order valence-corrected chi connectivity index (χ1v) is 10.8. The maximum atomic E-state index is 13.2. The summed E-state index contributed by atoms with van der Waals surface area (Å²) in [6.45, 7) is 7.20. The van der Waals surface area contributed by atoms with E-state index in [-0.39, 0.29) is 29.6 Å². The first-order valence-electron chi connectivity index (χ1n) is 10.8. The Kier molecular flexibility index (Phi) is 7.30. The van der Waals surface area contributed by atoms with Crippen molar-refractivity contribution in [2.24, 2.45) is 11.8 Å². The summed E-state index contributed by atoms with van der Waals surface area (Å²) in [5, 5.41) is 9.58. The summed E-state index contributed by atoms with van der Waals surface area (Å²) in [5.41, 5.74) is 3.06. The fourth-order valence-corrected chi connectivity index (χ4v) is 3.26. The monoisotopic (exact) mass is 434 g/mol. The molecule has 0 saturated carbocycles. The molecule has 32 heavy (non-hydrogen) atoms. The van der Waals surface area contributed by atoms with Crippen LogP contribution >= 0.6 is 0 Å². The molecule has 1 aromatic heterocycles. The van der Waals surface area contributed by atoms with Gasteiger partial charge in [-0.3, -0.25) is 14.4 Å². The van der Waals surface area contributed by atoms with E-state index in [0.717, 1.165) is 16.5 Å². The van der Waals surface area contributed by atoms with Crippen LogP contribution in [0.1, 0.15) is 33.3 Å². The van der Waals surface area contributed by atoms with Crippen LogP contribution in [0.25, 0.3) is 10.9 Å². The van der Waals surface area contributed by atoms with Crippen LogP contribution in [0, 0.1) is 11.8 Å². The number of benzene rings is 2. The number of aromatic nitrogens is 1. The van der Waals surface area contributed by atoms with Crippen LogP contribution in [0.3, 0.4) is 0 Å². The first-order chi connectivity index (χ1) is 15.2. The molecule has 1 unspecified atom stereocenters. The molecule has 0 aliphatic carbocycles. The molecular formula is C25H30N4O3. The summed E-state index contributed by atoms with van der Waals surface area (Å²) >= 11 is 0. The number of hydrogen-bond donors (Lipinski definition) is 4. The van der Waals surface area contributed by atoms with Crippen LogP contribution < -0.4 is 16.0 Å². The van der Waals surface area contributed by atoms with Gasteiger partial charge in [-0.2, -0.15) is 0 Å². The summed E-state index contributed by atoms with van der Waals surface area (Å²) in [5.74, 6) is -1.02. The average Bonchev–Trinajstić information content (AvgIpc) is 3.16. The highest BCUT2D eigenvalue weighted by Crippen LogP contribution is 2.21. The molecule has 168 valence electrons. The van der Waals surface area contributed by atoms with E-state index in [9.17, 15) is 14.4 Å². The Morgan fingerprint density at radius 2 is 1.44 bits per heavy atom. The zero-order valence-corrected chi connectivity index (χ0v) is 18.9. The largest absolute Gasteiger partial charge is 0.361 e. The molecule has 0 bridgehead atoms. The average molecular weight is 435 g/mol. The summed E-state index contributed by atoms with van der Waals surface area (Å²) in [6.07, 6.45) is 2.21.